The summed E-state index contributed by atoms with van der Waals surface area (Å²) in [5.74, 6) is 0.364. The van der Waals surface area contributed by atoms with Gasteiger partial charge in [0, 0.05) is 25.2 Å². The Hall–Kier alpha value is -2.18. The lowest BCUT2D eigenvalue weighted by Crippen LogP contribution is -2.36. The zero-order chi connectivity index (χ0) is 19.4. The van der Waals surface area contributed by atoms with Gasteiger partial charge in [-0.25, -0.2) is 13.1 Å². The molecule has 27 heavy (non-hydrogen) atoms. The molecule has 0 aliphatic carbocycles. The largest absolute Gasteiger partial charge is 0.334 e. The molecule has 5 nitrogen and oxygen atoms in total. The Bertz CT molecular complexity index is 905. The smallest absolute Gasteiger partial charge is 0.254 e. The molecule has 1 amide bonds. The summed E-state index contributed by atoms with van der Waals surface area (Å²) in [7, 11) is -3.54. The van der Waals surface area contributed by atoms with Gasteiger partial charge in [-0.1, -0.05) is 38.1 Å². The number of hydrogen-bond donors (Lipinski definition) is 1. The highest BCUT2D eigenvalue weighted by atomic mass is 32.2. The monoisotopic (exact) mass is 386 g/mol. The van der Waals surface area contributed by atoms with E-state index >= 15 is 0 Å². The molecule has 0 saturated heterocycles. The fourth-order valence-corrected chi connectivity index (χ4v) is 4.24. The second kappa shape index (κ2) is 8.23. The molecule has 1 aliphatic rings. The standard InChI is InChI=1S/C21H26N2O3S/c1-16(2)11-13-22-27(25,26)20-9-7-18(8-10-20)21(24)23-14-12-17-5-3-4-6-19(17)15-23/h3-10,16,22H,11-15H2,1-2H3. The maximum atomic E-state index is 12.8. The van der Waals surface area contributed by atoms with Crippen LogP contribution in [0.3, 0.4) is 0 Å². The van der Waals surface area contributed by atoms with Crippen LogP contribution in [-0.4, -0.2) is 32.3 Å². The fraction of sp³-hybridized carbons (Fsp3) is 0.381. The Kier molecular flexibility index (Phi) is 5.97. The molecule has 1 heterocycles. The average molecular weight is 387 g/mol. The fourth-order valence-electron chi connectivity index (χ4n) is 3.19. The van der Waals surface area contributed by atoms with Gasteiger partial charge in [0.1, 0.15) is 0 Å². The van der Waals surface area contributed by atoms with Gasteiger partial charge in [0.25, 0.3) is 5.91 Å². The Morgan fingerprint density at radius 2 is 1.74 bits per heavy atom. The lowest BCUT2D eigenvalue weighted by atomic mass is 9.99. The van der Waals surface area contributed by atoms with Crippen LogP contribution in [0.5, 0.6) is 0 Å². The van der Waals surface area contributed by atoms with E-state index in [0.29, 0.717) is 31.1 Å². The second-order valence-corrected chi connectivity index (χ2v) is 9.12. The molecule has 2 aromatic rings. The predicted octanol–water partition coefficient (Wildman–Crippen LogP) is 3.21. The third-order valence-corrected chi connectivity index (χ3v) is 6.32. The highest BCUT2D eigenvalue weighted by Crippen LogP contribution is 2.21. The maximum absolute atomic E-state index is 12.8. The minimum absolute atomic E-state index is 0.0683. The van der Waals surface area contributed by atoms with Crippen molar-refractivity contribution in [2.45, 2.75) is 38.1 Å². The minimum Gasteiger partial charge on any atom is -0.334 e. The number of amides is 1. The highest BCUT2D eigenvalue weighted by molar-refractivity contribution is 7.89. The summed E-state index contributed by atoms with van der Waals surface area (Å²) in [5.41, 5.74) is 2.97. The van der Waals surface area contributed by atoms with Crippen LogP contribution in [0.1, 0.15) is 41.8 Å². The van der Waals surface area contributed by atoms with Gasteiger partial charge in [0.05, 0.1) is 4.90 Å². The van der Waals surface area contributed by atoms with E-state index in [9.17, 15) is 13.2 Å². The van der Waals surface area contributed by atoms with Crippen molar-refractivity contribution in [3.8, 4) is 0 Å². The molecule has 0 fully saturated rings. The van der Waals surface area contributed by atoms with Gasteiger partial charge in [0.2, 0.25) is 10.0 Å². The lowest BCUT2D eigenvalue weighted by Gasteiger charge is -2.29. The van der Waals surface area contributed by atoms with Crippen molar-refractivity contribution in [1.29, 1.82) is 0 Å². The van der Waals surface area contributed by atoms with E-state index in [1.165, 1.54) is 23.3 Å². The van der Waals surface area contributed by atoms with Crippen LogP contribution >= 0.6 is 0 Å². The summed E-state index contributed by atoms with van der Waals surface area (Å²) >= 11 is 0. The first-order valence-corrected chi connectivity index (χ1v) is 10.8. The molecule has 0 aromatic heterocycles. The number of hydrogen-bond acceptors (Lipinski definition) is 3. The van der Waals surface area contributed by atoms with Crippen molar-refractivity contribution in [1.82, 2.24) is 9.62 Å². The lowest BCUT2D eigenvalue weighted by molar-refractivity contribution is 0.0734. The van der Waals surface area contributed by atoms with E-state index < -0.39 is 10.0 Å². The Morgan fingerprint density at radius 3 is 2.41 bits per heavy atom. The van der Waals surface area contributed by atoms with Crippen molar-refractivity contribution in [3.05, 3.63) is 65.2 Å². The first kappa shape index (κ1) is 19.6. The van der Waals surface area contributed by atoms with Crippen LogP contribution in [-0.2, 0) is 23.0 Å². The molecule has 1 aliphatic heterocycles. The maximum Gasteiger partial charge on any atom is 0.254 e. The van der Waals surface area contributed by atoms with Crippen LogP contribution in [0, 0.1) is 5.92 Å². The Balaban J connectivity index is 1.67. The molecule has 0 unspecified atom stereocenters. The molecule has 0 spiro atoms. The molecule has 0 atom stereocenters. The van der Waals surface area contributed by atoms with Crippen molar-refractivity contribution in [2.75, 3.05) is 13.1 Å². The SMILES string of the molecule is CC(C)CCNS(=O)(=O)c1ccc(C(=O)N2CCc3ccccc3C2)cc1. The molecule has 0 bridgehead atoms. The van der Waals surface area contributed by atoms with E-state index in [-0.39, 0.29) is 10.8 Å². The van der Waals surface area contributed by atoms with Crippen molar-refractivity contribution < 1.29 is 13.2 Å². The number of sulfonamides is 1. The van der Waals surface area contributed by atoms with Crippen molar-refractivity contribution >= 4 is 15.9 Å². The van der Waals surface area contributed by atoms with E-state index in [2.05, 4.69) is 10.8 Å². The van der Waals surface area contributed by atoms with Gasteiger partial charge in [0.15, 0.2) is 0 Å². The summed E-state index contributed by atoms with van der Waals surface area (Å²) < 4.78 is 27.3. The molecule has 144 valence electrons. The summed E-state index contributed by atoms with van der Waals surface area (Å²) in [6.07, 6.45) is 1.63. The van der Waals surface area contributed by atoms with Crippen molar-refractivity contribution in [2.24, 2.45) is 5.92 Å². The molecule has 6 heteroatoms. The normalized spacial score (nSPS) is 14.3. The molecule has 2 aromatic carbocycles. The zero-order valence-electron chi connectivity index (χ0n) is 15.8. The molecular formula is C21H26N2O3S. The summed E-state index contributed by atoms with van der Waals surface area (Å²) in [6.45, 7) is 5.77. The van der Waals surface area contributed by atoms with E-state index in [1.54, 1.807) is 12.1 Å². The number of carbonyl (C=O) groups is 1. The van der Waals surface area contributed by atoms with Crippen LogP contribution in [0.4, 0.5) is 0 Å². The van der Waals surface area contributed by atoms with Gasteiger partial charge in [-0.15, -0.1) is 0 Å². The first-order chi connectivity index (χ1) is 12.9. The number of fused-ring (bicyclic) bond motifs is 1. The number of carbonyl (C=O) groups excluding carboxylic acids is 1. The zero-order valence-corrected chi connectivity index (χ0v) is 16.6. The van der Waals surface area contributed by atoms with Crippen LogP contribution < -0.4 is 4.72 Å². The highest BCUT2D eigenvalue weighted by Gasteiger charge is 2.22. The van der Waals surface area contributed by atoms with Gasteiger partial charge >= 0.3 is 0 Å². The van der Waals surface area contributed by atoms with Gasteiger partial charge < -0.3 is 4.90 Å². The van der Waals surface area contributed by atoms with E-state index in [0.717, 1.165) is 12.8 Å². The Labute approximate surface area is 161 Å². The molecule has 0 saturated carbocycles. The number of nitrogens with zero attached hydrogens (tertiary/aromatic N) is 1. The summed E-state index contributed by atoms with van der Waals surface area (Å²) in [6, 6.07) is 14.4. The molecule has 1 N–H and O–H groups in total. The van der Waals surface area contributed by atoms with Crippen LogP contribution in [0.2, 0.25) is 0 Å². The van der Waals surface area contributed by atoms with E-state index in [4.69, 9.17) is 0 Å². The number of nitrogens with one attached hydrogen (secondary N) is 1. The molecular weight excluding hydrogens is 360 g/mol. The van der Waals surface area contributed by atoms with Gasteiger partial charge in [-0.05, 0) is 54.2 Å². The van der Waals surface area contributed by atoms with Crippen LogP contribution in [0.15, 0.2) is 53.4 Å². The number of rotatable bonds is 6. The third kappa shape index (κ3) is 4.76. The van der Waals surface area contributed by atoms with E-state index in [1.807, 2.05) is 36.9 Å². The Morgan fingerprint density at radius 1 is 1.07 bits per heavy atom. The van der Waals surface area contributed by atoms with Gasteiger partial charge in [-0.3, -0.25) is 4.79 Å². The topological polar surface area (TPSA) is 66.5 Å². The average Bonchev–Trinajstić information content (AvgIpc) is 2.66. The summed E-state index contributed by atoms with van der Waals surface area (Å²) in [5, 5.41) is 0. The second-order valence-electron chi connectivity index (χ2n) is 7.35. The summed E-state index contributed by atoms with van der Waals surface area (Å²) in [4.78, 5) is 14.8. The third-order valence-electron chi connectivity index (χ3n) is 4.84. The molecule has 0 radical (unpaired) electrons. The first-order valence-electron chi connectivity index (χ1n) is 9.32. The predicted molar refractivity (Wildman–Crippen MR) is 106 cm³/mol. The van der Waals surface area contributed by atoms with Gasteiger partial charge in [-0.2, -0.15) is 0 Å². The van der Waals surface area contributed by atoms with Crippen molar-refractivity contribution in [3.63, 3.8) is 0 Å². The number of benzene rings is 2. The molecule has 3 rings (SSSR count). The van der Waals surface area contributed by atoms with Crippen LogP contribution in [0.25, 0.3) is 0 Å². The minimum atomic E-state index is -3.54. The quantitative estimate of drug-likeness (QED) is 0.829.